The van der Waals surface area contributed by atoms with Gasteiger partial charge in [-0.25, -0.2) is 4.98 Å². The van der Waals surface area contributed by atoms with Crippen molar-refractivity contribution in [2.24, 2.45) is 0 Å². The second kappa shape index (κ2) is 15.3. The molecule has 4 aromatic heterocycles. The van der Waals surface area contributed by atoms with E-state index in [1.807, 2.05) is 24.3 Å². The Morgan fingerprint density at radius 2 is 0.889 bits per heavy atom. The number of fused-ring (bicyclic) bond motifs is 13. The average Bonchev–Trinajstić information content (AvgIpc) is 4.16. The van der Waals surface area contributed by atoms with E-state index in [9.17, 15) is 0 Å². The lowest BCUT2D eigenvalue weighted by atomic mass is 9.82. The Morgan fingerprint density at radius 3 is 1.61 bits per heavy atom. The Bertz CT molecular complexity index is 4520. The van der Waals surface area contributed by atoms with Crippen molar-refractivity contribution in [1.29, 1.82) is 0 Å². The number of nitrogens with zero attached hydrogens (tertiary/aromatic N) is 5. The van der Waals surface area contributed by atoms with Gasteiger partial charge in [0.05, 0.1) is 27.8 Å². The molecule has 6 heteroatoms. The average molecular weight is 922 g/mol. The van der Waals surface area contributed by atoms with E-state index >= 15 is 0 Å². The quantitative estimate of drug-likeness (QED) is 0.167. The maximum absolute atomic E-state index is 6.99. The molecule has 10 aromatic carbocycles. The summed E-state index contributed by atoms with van der Waals surface area (Å²) in [4.78, 5) is 16.3. The van der Waals surface area contributed by atoms with Crippen LogP contribution in [-0.4, -0.2) is 24.1 Å². The van der Waals surface area contributed by atoms with Crippen LogP contribution in [0.15, 0.2) is 229 Å². The van der Waals surface area contributed by atoms with Crippen molar-refractivity contribution in [3.8, 4) is 67.8 Å². The highest BCUT2D eigenvalue weighted by atomic mass is 16.3. The van der Waals surface area contributed by atoms with Gasteiger partial charge in [-0.2, -0.15) is 9.97 Å². The molecular formula is C66H43N5O. The summed E-state index contributed by atoms with van der Waals surface area (Å²) >= 11 is 0. The molecule has 0 spiro atoms. The molecule has 1 aliphatic carbocycles. The fourth-order valence-corrected chi connectivity index (χ4v) is 11.8. The minimum Gasteiger partial charge on any atom is -0.454 e. The Kier molecular flexibility index (Phi) is 8.61. The third-order valence-corrected chi connectivity index (χ3v) is 15.2. The number of aromatic nitrogens is 5. The lowest BCUT2D eigenvalue weighted by molar-refractivity contribution is 0.660. The second-order valence-corrected chi connectivity index (χ2v) is 19.6. The monoisotopic (exact) mass is 921 g/mol. The molecule has 0 radical (unpaired) electrons. The number of hydrogen-bond donors (Lipinski definition) is 0. The summed E-state index contributed by atoms with van der Waals surface area (Å²) < 4.78 is 11.7. The van der Waals surface area contributed by atoms with Crippen molar-refractivity contribution in [2.45, 2.75) is 19.3 Å². The van der Waals surface area contributed by atoms with Crippen LogP contribution >= 0.6 is 0 Å². The molecule has 0 unspecified atom stereocenters. The first-order valence-electron chi connectivity index (χ1n) is 24.6. The van der Waals surface area contributed by atoms with Gasteiger partial charge in [-0.05, 0) is 80.9 Å². The molecule has 4 heterocycles. The van der Waals surface area contributed by atoms with Crippen molar-refractivity contribution < 1.29 is 4.42 Å². The molecule has 0 saturated carbocycles. The number of para-hydroxylation sites is 3. The predicted molar refractivity (Wildman–Crippen MR) is 295 cm³/mol. The fourth-order valence-electron chi connectivity index (χ4n) is 11.8. The molecule has 0 aliphatic heterocycles. The standard InChI is InChI=1S/C66H43N5O/c1-66(2)54-25-13-9-21-46(54)52-37-44(33-36-55(52)66)64-67-63(43-19-7-4-8-20-43)68-65(69-64)71-57-27-15-11-23-48(57)51-35-34-50-47-22-10-14-26-56(47)70(60(50)61(51)71)58-39-45(38-53-49-24-12-16-28-59(49)72-62(53)58)42-31-29-41(30-32-42)40-17-5-3-6-18-40/h3-39H,1-2H3. The van der Waals surface area contributed by atoms with Gasteiger partial charge < -0.3 is 8.98 Å². The van der Waals surface area contributed by atoms with Crippen molar-refractivity contribution >= 4 is 65.6 Å². The van der Waals surface area contributed by atoms with Crippen molar-refractivity contribution in [1.82, 2.24) is 24.1 Å². The first-order valence-corrected chi connectivity index (χ1v) is 24.6. The van der Waals surface area contributed by atoms with Gasteiger partial charge in [0.15, 0.2) is 17.2 Å². The molecule has 15 rings (SSSR count). The van der Waals surface area contributed by atoms with E-state index in [2.05, 4.69) is 223 Å². The number of hydrogen-bond acceptors (Lipinski definition) is 4. The molecule has 338 valence electrons. The van der Waals surface area contributed by atoms with Gasteiger partial charge in [-0.1, -0.05) is 202 Å². The zero-order chi connectivity index (χ0) is 47.7. The molecule has 0 bridgehead atoms. The third-order valence-electron chi connectivity index (χ3n) is 15.2. The molecule has 6 nitrogen and oxygen atoms in total. The Hall–Kier alpha value is -9.39. The molecule has 14 aromatic rings. The summed E-state index contributed by atoms with van der Waals surface area (Å²) in [6.45, 7) is 4.62. The van der Waals surface area contributed by atoms with Crippen LogP contribution in [-0.2, 0) is 5.41 Å². The summed E-state index contributed by atoms with van der Waals surface area (Å²) in [6.07, 6.45) is 0. The first kappa shape index (κ1) is 40.5. The third kappa shape index (κ3) is 5.93. The minimum absolute atomic E-state index is 0.128. The fraction of sp³-hybridized carbons (Fsp3) is 0.0455. The maximum atomic E-state index is 6.99. The van der Waals surface area contributed by atoms with Crippen LogP contribution < -0.4 is 0 Å². The SMILES string of the molecule is CC1(C)c2ccccc2-c2cc(-c3nc(-c4ccccc4)nc(-n4c5ccccc5c5ccc6c7ccccc7n(-c7cc(-c8ccc(-c9ccccc9)cc8)cc8c7oc7ccccc78)c6c54)n3)ccc21. The van der Waals surface area contributed by atoms with Crippen LogP contribution in [0.4, 0.5) is 0 Å². The van der Waals surface area contributed by atoms with Gasteiger partial charge in [-0.15, -0.1) is 0 Å². The number of benzene rings is 10. The Balaban J connectivity index is 1.04. The molecule has 72 heavy (non-hydrogen) atoms. The zero-order valence-electron chi connectivity index (χ0n) is 39.5. The van der Waals surface area contributed by atoms with Gasteiger partial charge in [-0.3, -0.25) is 4.57 Å². The normalized spacial score (nSPS) is 13.0. The maximum Gasteiger partial charge on any atom is 0.238 e. The second-order valence-electron chi connectivity index (χ2n) is 19.6. The van der Waals surface area contributed by atoms with Gasteiger partial charge in [0, 0.05) is 48.9 Å². The summed E-state index contributed by atoms with van der Waals surface area (Å²) in [5.74, 6) is 1.75. The topological polar surface area (TPSA) is 61.7 Å². The highest BCUT2D eigenvalue weighted by Crippen LogP contribution is 2.50. The van der Waals surface area contributed by atoms with E-state index in [1.165, 1.54) is 33.4 Å². The van der Waals surface area contributed by atoms with Gasteiger partial charge >= 0.3 is 0 Å². The van der Waals surface area contributed by atoms with E-state index in [-0.39, 0.29) is 5.41 Å². The zero-order valence-corrected chi connectivity index (χ0v) is 39.5. The first-order chi connectivity index (χ1) is 35.5. The summed E-state index contributed by atoms with van der Waals surface area (Å²) in [7, 11) is 0. The van der Waals surface area contributed by atoms with Crippen LogP contribution in [0, 0.1) is 0 Å². The van der Waals surface area contributed by atoms with E-state index in [1.54, 1.807) is 0 Å². The molecule has 0 saturated heterocycles. The van der Waals surface area contributed by atoms with Crippen LogP contribution in [0.5, 0.6) is 0 Å². The lowest BCUT2D eigenvalue weighted by Crippen LogP contribution is -2.14. The van der Waals surface area contributed by atoms with Gasteiger partial charge in [0.1, 0.15) is 5.58 Å². The van der Waals surface area contributed by atoms with Crippen LogP contribution in [0.1, 0.15) is 25.0 Å². The molecular weight excluding hydrogens is 879 g/mol. The van der Waals surface area contributed by atoms with Crippen molar-refractivity contribution in [2.75, 3.05) is 0 Å². The van der Waals surface area contributed by atoms with Gasteiger partial charge in [0.2, 0.25) is 5.95 Å². The van der Waals surface area contributed by atoms with Crippen LogP contribution in [0.25, 0.3) is 133 Å². The van der Waals surface area contributed by atoms with E-state index in [4.69, 9.17) is 19.4 Å². The van der Waals surface area contributed by atoms with Gasteiger partial charge in [0.25, 0.3) is 0 Å². The van der Waals surface area contributed by atoms with E-state index in [0.717, 1.165) is 93.5 Å². The number of rotatable bonds is 6. The van der Waals surface area contributed by atoms with E-state index in [0.29, 0.717) is 17.6 Å². The lowest BCUT2D eigenvalue weighted by Gasteiger charge is -2.21. The molecule has 0 N–H and O–H groups in total. The minimum atomic E-state index is -0.128. The summed E-state index contributed by atoms with van der Waals surface area (Å²) in [5, 5.41) is 6.57. The van der Waals surface area contributed by atoms with E-state index < -0.39 is 0 Å². The number of furan rings is 1. The molecule has 0 fully saturated rings. The predicted octanol–water partition coefficient (Wildman–Crippen LogP) is 16.9. The Morgan fingerprint density at radius 1 is 0.361 bits per heavy atom. The molecule has 1 aliphatic rings. The summed E-state index contributed by atoms with van der Waals surface area (Å²) in [6, 6.07) is 80.1. The smallest absolute Gasteiger partial charge is 0.238 e. The van der Waals surface area contributed by atoms with Crippen LogP contribution in [0.2, 0.25) is 0 Å². The highest BCUT2D eigenvalue weighted by Gasteiger charge is 2.35. The van der Waals surface area contributed by atoms with Crippen molar-refractivity contribution in [3.05, 3.63) is 236 Å². The summed E-state index contributed by atoms with van der Waals surface area (Å²) in [5.41, 5.74) is 18.1. The van der Waals surface area contributed by atoms with Crippen molar-refractivity contribution in [3.63, 3.8) is 0 Å². The molecule has 0 atom stereocenters. The Labute approximate surface area is 414 Å². The largest absolute Gasteiger partial charge is 0.454 e. The highest BCUT2D eigenvalue weighted by molar-refractivity contribution is 6.24. The van der Waals surface area contributed by atoms with Crippen LogP contribution in [0.3, 0.4) is 0 Å². The molecule has 0 amide bonds.